The molecule has 1 aromatic rings. The average Bonchev–Trinajstić information content (AvgIpc) is 3.13. The lowest BCUT2D eigenvalue weighted by Crippen LogP contribution is -2.43. The molecule has 2 atom stereocenters. The van der Waals surface area contributed by atoms with Crippen LogP contribution in [0.15, 0.2) is 21.8 Å². The average molecular weight is 310 g/mol. The number of nitrogens with zero attached hydrogens (tertiary/aromatic N) is 2. The number of thiophene rings is 1. The van der Waals surface area contributed by atoms with Crippen molar-refractivity contribution in [3.8, 4) is 0 Å². The molecule has 1 aliphatic rings. The van der Waals surface area contributed by atoms with Gasteiger partial charge in [-0.25, -0.2) is 0 Å². The molecule has 5 nitrogen and oxygen atoms in total. The smallest absolute Gasteiger partial charge is 0.188 e. The van der Waals surface area contributed by atoms with Gasteiger partial charge in [0.15, 0.2) is 5.96 Å². The lowest BCUT2D eigenvalue weighted by atomic mass is 10.00. The number of likely N-dealkylation sites (N-methyl/N-ethyl adjacent to an activating group) is 1. The fourth-order valence-corrected chi connectivity index (χ4v) is 3.51. The van der Waals surface area contributed by atoms with Crippen molar-refractivity contribution in [3.05, 3.63) is 22.4 Å². The zero-order chi connectivity index (χ0) is 15.3. The van der Waals surface area contributed by atoms with Crippen LogP contribution in [0.25, 0.3) is 0 Å². The molecule has 0 saturated carbocycles. The standard InChI is InChI=1S/C15H26N4OS/c1-3-19-7-4-5-13(19)9-17-14(16)18-11-15(2,20)12-6-8-21-10-12/h6,8,10,13,20H,3-5,7,9,11H2,1-2H3,(H3,16,17,18). The van der Waals surface area contributed by atoms with Crippen molar-refractivity contribution in [2.24, 2.45) is 10.7 Å². The molecule has 6 heteroatoms. The van der Waals surface area contributed by atoms with Gasteiger partial charge in [0.1, 0.15) is 5.60 Å². The predicted molar refractivity (Wildman–Crippen MR) is 88.7 cm³/mol. The van der Waals surface area contributed by atoms with Gasteiger partial charge in [-0.3, -0.25) is 9.89 Å². The van der Waals surface area contributed by atoms with Gasteiger partial charge in [-0.1, -0.05) is 6.92 Å². The lowest BCUT2D eigenvalue weighted by molar-refractivity contribution is 0.0677. The number of nitrogens with two attached hydrogens (primary N) is 1. The van der Waals surface area contributed by atoms with Crippen molar-refractivity contribution >= 4 is 17.3 Å². The Balaban J connectivity index is 1.81. The topological polar surface area (TPSA) is 73.9 Å². The van der Waals surface area contributed by atoms with Crippen LogP contribution in [0.1, 0.15) is 32.3 Å². The minimum Gasteiger partial charge on any atom is -0.383 e. The highest BCUT2D eigenvalue weighted by molar-refractivity contribution is 7.08. The monoisotopic (exact) mass is 310 g/mol. The Morgan fingerprint density at radius 1 is 1.67 bits per heavy atom. The van der Waals surface area contributed by atoms with Gasteiger partial charge >= 0.3 is 0 Å². The summed E-state index contributed by atoms with van der Waals surface area (Å²) in [5, 5.41) is 17.5. The number of aliphatic imine (C=N–C) groups is 1. The molecule has 21 heavy (non-hydrogen) atoms. The van der Waals surface area contributed by atoms with E-state index in [0.717, 1.165) is 18.7 Å². The number of rotatable bonds is 6. The van der Waals surface area contributed by atoms with E-state index in [0.29, 0.717) is 12.0 Å². The molecular weight excluding hydrogens is 284 g/mol. The first-order chi connectivity index (χ1) is 10.0. The number of guanidine groups is 1. The number of hydrogen-bond acceptors (Lipinski definition) is 4. The highest BCUT2D eigenvalue weighted by atomic mass is 32.1. The van der Waals surface area contributed by atoms with E-state index in [1.54, 1.807) is 18.3 Å². The molecule has 0 aliphatic carbocycles. The Hall–Kier alpha value is -1.11. The Morgan fingerprint density at radius 2 is 2.48 bits per heavy atom. The van der Waals surface area contributed by atoms with Crippen LogP contribution >= 0.6 is 11.3 Å². The van der Waals surface area contributed by atoms with Gasteiger partial charge in [0.2, 0.25) is 0 Å². The maximum atomic E-state index is 10.4. The minimum atomic E-state index is -0.963. The summed E-state index contributed by atoms with van der Waals surface area (Å²) in [4.78, 5) is 6.74. The first-order valence-electron chi connectivity index (χ1n) is 7.56. The van der Waals surface area contributed by atoms with E-state index in [9.17, 15) is 5.11 Å². The maximum Gasteiger partial charge on any atom is 0.188 e. The molecule has 4 N–H and O–H groups in total. The molecular formula is C15H26N4OS. The molecule has 1 aromatic heterocycles. The number of nitrogens with one attached hydrogen (secondary N) is 1. The summed E-state index contributed by atoms with van der Waals surface area (Å²) in [7, 11) is 0. The SMILES string of the molecule is CCN1CCCC1CNC(N)=NCC(C)(O)c1ccsc1. The Kier molecular flexibility index (Phi) is 5.61. The molecule has 0 spiro atoms. The second kappa shape index (κ2) is 7.24. The van der Waals surface area contributed by atoms with Gasteiger partial charge in [-0.05, 0) is 55.2 Å². The van der Waals surface area contributed by atoms with Crippen LogP contribution in [-0.4, -0.2) is 48.2 Å². The van der Waals surface area contributed by atoms with Crippen molar-refractivity contribution in [1.29, 1.82) is 0 Å². The quantitative estimate of drug-likeness (QED) is 0.548. The summed E-state index contributed by atoms with van der Waals surface area (Å²) in [5.41, 5.74) is 5.83. The lowest BCUT2D eigenvalue weighted by Gasteiger charge is -2.23. The molecule has 1 saturated heterocycles. The molecule has 2 rings (SSSR count). The highest BCUT2D eigenvalue weighted by Gasteiger charge is 2.24. The first kappa shape index (κ1) is 16.3. The van der Waals surface area contributed by atoms with Gasteiger partial charge in [-0.15, -0.1) is 0 Å². The molecule has 0 aromatic carbocycles. The number of aliphatic hydroxyl groups is 1. The second-order valence-corrected chi connectivity index (χ2v) is 6.57. The van der Waals surface area contributed by atoms with Crippen LogP contribution in [0.5, 0.6) is 0 Å². The summed E-state index contributed by atoms with van der Waals surface area (Å²) in [6, 6.07) is 2.46. The summed E-state index contributed by atoms with van der Waals surface area (Å²) in [6.07, 6.45) is 2.46. The zero-order valence-electron chi connectivity index (χ0n) is 12.9. The third kappa shape index (κ3) is 4.43. The second-order valence-electron chi connectivity index (χ2n) is 5.79. The fraction of sp³-hybridized carbons (Fsp3) is 0.667. The third-order valence-corrected chi connectivity index (χ3v) is 4.81. The van der Waals surface area contributed by atoms with Crippen molar-refractivity contribution in [2.45, 2.75) is 38.3 Å². The van der Waals surface area contributed by atoms with E-state index in [4.69, 9.17) is 5.73 Å². The van der Waals surface area contributed by atoms with Crippen LogP contribution in [0.3, 0.4) is 0 Å². The summed E-state index contributed by atoms with van der Waals surface area (Å²) >= 11 is 1.57. The maximum absolute atomic E-state index is 10.4. The summed E-state index contributed by atoms with van der Waals surface area (Å²) in [5.74, 6) is 0.411. The number of likely N-dealkylation sites (tertiary alicyclic amines) is 1. The Labute approximate surface area is 130 Å². The molecule has 2 heterocycles. The molecule has 118 valence electrons. The van der Waals surface area contributed by atoms with Gasteiger partial charge < -0.3 is 16.2 Å². The van der Waals surface area contributed by atoms with Crippen LogP contribution in [-0.2, 0) is 5.60 Å². The van der Waals surface area contributed by atoms with Gasteiger partial charge in [0.05, 0.1) is 6.54 Å². The minimum absolute atomic E-state index is 0.269. The first-order valence-corrected chi connectivity index (χ1v) is 8.50. The van der Waals surface area contributed by atoms with E-state index < -0.39 is 5.60 Å². The Bertz CT molecular complexity index is 458. The van der Waals surface area contributed by atoms with E-state index in [2.05, 4.69) is 22.1 Å². The number of hydrogen-bond donors (Lipinski definition) is 3. The fourth-order valence-electron chi connectivity index (χ4n) is 2.72. The van der Waals surface area contributed by atoms with Crippen LogP contribution in [0, 0.1) is 0 Å². The van der Waals surface area contributed by atoms with Crippen LogP contribution in [0.4, 0.5) is 0 Å². The molecule has 1 fully saturated rings. The van der Waals surface area contributed by atoms with Crippen LogP contribution in [0.2, 0.25) is 0 Å². The van der Waals surface area contributed by atoms with Crippen LogP contribution < -0.4 is 11.1 Å². The van der Waals surface area contributed by atoms with Gasteiger partial charge in [0, 0.05) is 12.6 Å². The van der Waals surface area contributed by atoms with E-state index in [1.165, 1.54) is 19.4 Å². The van der Waals surface area contributed by atoms with Crippen molar-refractivity contribution in [1.82, 2.24) is 10.2 Å². The van der Waals surface area contributed by atoms with Crippen molar-refractivity contribution in [2.75, 3.05) is 26.2 Å². The van der Waals surface area contributed by atoms with Crippen molar-refractivity contribution in [3.63, 3.8) is 0 Å². The third-order valence-electron chi connectivity index (χ3n) is 4.12. The molecule has 0 bridgehead atoms. The van der Waals surface area contributed by atoms with Gasteiger partial charge in [0.25, 0.3) is 0 Å². The zero-order valence-corrected chi connectivity index (χ0v) is 13.7. The summed E-state index contributed by atoms with van der Waals surface area (Å²) in [6.45, 7) is 7.30. The highest BCUT2D eigenvalue weighted by Crippen LogP contribution is 2.23. The van der Waals surface area contributed by atoms with E-state index >= 15 is 0 Å². The molecule has 0 amide bonds. The largest absolute Gasteiger partial charge is 0.383 e. The van der Waals surface area contributed by atoms with Gasteiger partial charge in [-0.2, -0.15) is 11.3 Å². The van der Waals surface area contributed by atoms with Crippen molar-refractivity contribution < 1.29 is 5.11 Å². The normalized spacial score (nSPS) is 23.2. The molecule has 0 radical (unpaired) electrons. The summed E-state index contributed by atoms with van der Waals surface area (Å²) < 4.78 is 0. The molecule has 2 unspecified atom stereocenters. The van der Waals surface area contributed by atoms with E-state index in [1.807, 2.05) is 16.8 Å². The molecule has 1 aliphatic heterocycles. The van der Waals surface area contributed by atoms with E-state index in [-0.39, 0.29) is 6.54 Å². The Morgan fingerprint density at radius 3 is 3.14 bits per heavy atom. The predicted octanol–water partition coefficient (Wildman–Crippen LogP) is 1.34.